The number of carboxylic acid groups (broad SMARTS) is 1. The summed E-state index contributed by atoms with van der Waals surface area (Å²) in [5.41, 5.74) is 0. The molecule has 90 valence electrons. The predicted molar refractivity (Wildman–Crippen MR) is 64.2 cm³/mol. The smallest absolute Gasteiger partial charge is 0.303 e. The van der Waals surface area contributed by atoms with Gasteiger partial charge in [0.1, 0.15) is 0 Å². The van der Waals surface area contributed by atoms with Gasteiger partial charge in [-0.15, -0.1) is 11.8 Å². The lowest BCUT2D eigenvalue weighted by Gasteiger charge is -2.30. The monoisotopic (exact) mass is 243 g/mol. The van der Waals surface area contributed by atoms with Crippen LogP contribution >= 0.6 is 11.8 Å². The van der Waals surface area contributed by atoms with Gasteiger partial charge in [0.15, 0.2) is 0 Å². The quantitative estimate of drug-likeness (QED) is 0.762. The number of piperidine rings is 1. The maximum Gasteiger partial charge on any atom is 0.303 e. The van der Waals surface area contributed by atoms with Gasteiger partial charge < -0.3 is 10.0 Å². The molecule has 1 rings (SSSR count). The minimum Gasteiger partial charge on any atom is -0.481 e. The number of carboxylic acids is 1. The molecule has 0 radical (unpaired) electrons. The van der Waals surface area contributed by atoms with Crippen molar-refractivity contribution < 1.29 is 14.7 Å². The predicted octanol–water partition coefficient (Wildman–Crippen LogP) is 1.58. The van der Waals surface area contributed by atoms with Crippen molar-refractivity contribution in [2.75, 3.05) is 19.3 Å². The average molecular weight is 243 g/mol. The second-order valence-corrected chi connectivity index (χ2v) is 4.65. The van der Waals surface area contributed by atoms with Gasteiger partial charge in [-0.1, -0.05) is 0 Å². The first-order valence-electron chi connectivity index (χ1n) is 5.33. The second-order valence-electron chi connectivity index (χ2n) is 3.90. The van der Waals surface area contributed by atoms with Crippen LogP contribution in [0, 0.1) is 5.92 Å². The molecule has 0 aromatic carbocycles. The summed E-state index contributed by atoms with van der Waals surface area (Å²) in [6.07, 6.45) is 5.30. The molecule has 16 heavy (non-hydrogen) atoms. The summed E-state index contributed by atoms with van der Waals surface area (Å²) in [6.45, 7) is 1.35. The Balaban J connectivity index is 2.34. The maximum absolute atomic E-state index is 11.6. The van der Waals surface area contributed by atoms with E-state index in [1.165, 1.54) is 11.8 Å². The fourth-order valence-corrected chi connectivity index (χ4v) is 2.09. The standard InChI is InChI=1S/C11H17NO3S/c1-16-7-4-10(13)12-5-2-9(3-6-12)8-11(14)15/h4,7,9H,2-3,5-6,8H2,1H3,(H,14,15)/b7-4+. The molecular weight excluding hydrogens is 226 g/mol. The molecule has 5 heteroatoms. The molecule has 1 amide bonds. The lowest BCUT2D eigenvalue weighted by atomic mass is 9.93. The summed E-state index contributed by atoms with van der Waals surface area (Å²) in [6, 6.07) is 0. The third kappa shape index (κ3) is 4.26. The molecule has 0 atom stereocenters. The van der Waals surface area contributed by atoms with E-state index < -0.39 is 5.97 Å². The van der Waals surface area contributed by atoms with E-state index in [-0.39, 0.29) is 18.2 Å². The summed E-state index contributed by atoms with van der Waals surface area (Å²) >= 11 is 1.50. The van der Waals surface area contributed by atoms with Crippen LogP contribution in [0.1, 0.15) is 19.3 Å². The minimum absolute atomic E-state index is 0.0307. The number of hydrogen-bond acceptors (Lipinski definition) is 3. The highest BCUT2D eigenvalue weighted by atomic mass is 32.2. The molecule has 1 aliphatic rings. The van der Waals surface area contributed by atoms with Crippen molar-refractivity contribution >= 4 is 23.6 Å². The van der Waals surface area contributed by atoms with Crippen LogP contribution in [0.5, 0.6) is 0 Å². The zero-order chi connectivity index (χ0) is 12.0. The number of thioether (sulfide) groups is 1. The Labute approximate surface area is 99.7 Å². The molecule has 1 saturated heterocycles. The molecule has 0 unspecified atom stereocenters. The molecule has 1 aliphatic heterocycles. The van der Waals surface area contributed by atoms with Gasteiger partial charge in [-0.25, -0.2) is 0 Å². The number of hydrogen-bond donors (Lipinski definition) is 1. The number of aliphatic carboxylic acids is 1. The number of likely N-dealkylation sites (tertiary alicyclic amines) is 1. The van der Waals surface area contributed by atoms with Crippen LogP contribution in [-0.2, 0) is 9.59 Å². The van der Waals surface area contributed by atoms with Crippen molar-refractivity contribution in [1.29, 1.82) is 0 Å². The largest absolute Gasteiger partial charge is 0.481 e. The van der Waals surface area contributed by atoms with Crippen molar-refractivity contribution in [3.8, 4) is 0 Å². The van der Waals surface area contributed by atoms with Crippen LogP contribution in [0.25, 0.3) is 0 Å². The first-order chi connectivity index (χ1) is 7.63. The van der Waals surface area contributed by atoms with Crippen molar-refractivity contribution in [3.63, 3.8) is 0 Å². The Morgan fingerprint density at radius 1 is 1.44 bits per heavy atom. The molecule has 0 saturated carbocycles. The van der Waals surface area contributed by atoms with E-state index in [1.807, 2.05) is 6.26 Å². The van der Waals surface area contributed by atoms with E-state index in [2.05, 4.69) is 0 Å². The van der Waals surface area contributed by atoms with Crippen LogP contribution in [0.4, 0.5) is 0 Å². The molecular formula is C11H17NO3S. The third-order valence-corrected chi connectivity index (χ3v) is 3.14. The van der Waals surface area contributed by atoms with Crippen molar-refractivity contribution in [3.05, 3.63) is 11.5 Å². The summed E-state index contributed by atoms with van der Waals surface area (Å²) in [5, 5.41) is 10.4. The molecule has 0 bridgehead atoms. The lowest BCUT2D eigenvalue weighted by molar-refractivity contribution is -0.138. The molecule has 1 fully saturated rings. The zero-order valence-corrected chi connectivity index (χ0v) is 10.2. The first kappa shape index (κ1) is 13.1. The van der Waals surface area contributed by atoms with Crippen LogP contribution in [0.2, 0.25) is 0 Å². The second kappa shape index (κ2) is 6.58. The van der Waals surface area contributed by atoms with Gasteiger partial charge >= 0.3 is 5.97 Å². The summed E-state index contributed by atoms with van der Waals surface area (Å²) in [5.74, 6) is -0.485. The van der Waals surface area contributed by atoms with Crippen LogP contribution in [-0.4, -0.2) is 41.2 Å². The SMILES string of the molecule is CS/C=C/C(=O)N1CCC(CC(=O)O)CC1. The Kier molecular flexibility index (Phi) is 5.38. The number of nitrogens with zero attached hydrogens (tertiary/aromatic N) is 1. The fourth-order valence-electron chi connectivity index (χ4n) is 1.84. The van der Waals surface area contributed by atoms with Gasteiger partial charge in [-0.05, 0) is 30.4 Å². The Morgan fingerprint density at radius 2 is 2.06 bits per heavy atom. The molecule has 1 N–H and O–H groups in total. The number of amides is 1. The molecule has 0 aromatic rings. The summed E-state index contributed by atoms with van der Waals surface area (Å²) in [4.78, 5) is 23.9. The molecule has 0 aliphatic carbocycles. The van der Waals surface area contributed by atoms with Gasteiger partial charge in [-0.3, -0.25) is 9.59 Å². The molecule has 1 heterocycles. The lowest BCUT2D eigenvalue weighted by Crippen LogP contribution is -2.37. The van der Waals surface area contributed by atoms with E-state index in [0.29, 0.717) is 13.1 Å². The number of rotatable bonds is 4. The minimum atomic E-state index is -0.743. The Bertz CT molecular complexity index is 283. The summed E-state index contributed by atoms with van der Waals surface area (Å²) in [7, 11) is 0. The van der Waals surface area contributed by atoms with Crippen LogP contribution in [0.3, 0.4) is 0 Å². The highest BCUT2D eigenvalue weighted by Crippen LogP contribution is 2.20. The third-order valence-electron chi connectivity index (χ3n) is 2.74. The molecule has 0 aromatic heterocycles. The van der Waals surface area contributed by atoms with Crippen molar-refractivity contribution in [2.45, 2.75) is 19.3 Å². The van der Waals surface area contributed by atoms with E-state index in [4.69, 9.17) is 5.11 Å². The normalized spacial score (nSPS) is 17.9. The van der Waals surface area contributed by atoms with E-state index in [9.17, 15) is 9.59 Å². The zero-order valence-electron chi connectivity index (χ0n) is 9.39. The van der Waals surface area contributed by atoms with E-state index >= 15 is 0 Å². The Hall–Kier alpha value is -0.970. The Morgan fingerprint density at radius 3 is 2.56 bits per heavy atom. The molecule has 4 nitrogen and oxygen atoms in total. The summed E-state index contributed by atoms with van der Waals surface area (Å²) < 4.78 is 0. The van der Waals surface area contributed by atoms with Gasteiger partial charge in [0.25, 0.3) is 0 Å². The van der Waals surface area contributed by atoms with Crippen molar-refractivity contribution in [2.24, 2.45) is 5.92 Å². The highest BCUT2D eigenvalue weighted by Gasteiger charge is 2.22. The highest BCUT2D eigenvalue weighted by molar-refractivity contribution is 8.01. The average Bonchev–Trinajstić information content (AvgIpc) is 2.26. The van der Waals surface area contributed by atoms with Crippen LogP contribution in [0.15, 0.2) is 11.5 Å². The van der Waals surface area contributed by atoms with Gasteiger partial charge in [0.2, 0.25) is 5.91 Å². The first-order valence-corrected chi connectivity index (χ1v) is 6.62. The maximum atomic E-state index is 11.6. The topological polar surface area (TPSA) is 57.6 Å². The van der Waals surface area contributed by atoms with Crippen molar-refractivity contribution in [1.82, 2.24) is 4.90 Å². The number of carbonyl (C=O) groups is 2. The van der Waals surface area contributed by atoms with Gasteiger partial charge in [0, 0.05) is 25.6 Å². The van der Waals surface area contributed by atoms with Crippen LogP contribution < -0.4 is 0 Å². The van der Waals surface area contributed by atoms with Gasteiger partial charge in [-0.2, -0.15) is 0 Å². The van der Waals surface area contributed by atoms with E-state index in [0.717, 1.165) is 12.8 Å². The number of carbonyl (C=O) groups excluding carboxylic acids is 1. The van der Waals surface area contributed by atoms with E-state index in [1.54, 1.807) is 16.4 Å². The van der Waals surface area contributed by atoms with Gasteiger partial charge in [0.05, 0.1) is 0 Å². The molecule has 0 spiro atoms. The fraction of sp³-hybridized carbons (Fsp3) is 0.636.